The van der Waals surface area contributed by atoms with Crippen molar-refractivity contribution in [3.63, 3.8) is 0 Å². The number of hydrogen-bond donors (Lipinski definition) is 0. The number of hydrogen-bond acceptors (Lipinski definition) is 5. The lowest BCUT2D eigenvalue weighted by Crippen LogP contribution is -2.20. The number of rotatable bonds is 8. The van der Waals surface area contributed by atoms with E-state index in [0.717, 1.165) is 11.1 Å². The lowest BCUT2D eigenvalue weighted by molar-refractivity contribution is -0.136. The first-order valence-electron chi connectivity index (χ1n) is 10.6. The van der Waals surface area contributed by atoms with Crippen molar-refractivity contribution in [3.8, 4) is 11.5 Å². The number of ether oxygens (including phenoxy) is 3. The molecule has 166 valence electrons. The highest BCUT2D eigenvalue weighted by Gasteiger charge is 2.19. The fraction of sp³-hybridized carbons (Fsp3) is 0.259. The summed E-state index contributed by atoms with van der Waals surface area (Å²) in [5.41, 5.74) is 2.41. The minimum atomic E-state index is -0.521. The van der Waals surface area contributed by atoms with Gasteiger partial charge >= 0.3 is 11.9 Å². The smallest absolute Gasteiger partial charge is 0.349 e. The Kier molecular flexibility index (Phi) is 7.66. The highest BCUT2D eigenvalue weighted by molar-refractivity contribution is 5.89. The average molecular weight is 433 g/mol. The molecule has 0 aliphatic rings. The van der Waals surface area contributed by atoms with E-state index in [1.165, 1.54) is 0 Å². The molecule has 0 aliphatic heterocycles. The quantitative estimate of drug-likeness (QED) is 0.354. The second kappa shape index (κ2) is 10.6. The molecular formula is C27H28O5. The molecule has 32 heavy (non-hydrogen) atoms. The summed E-state index contributed by atoms with van der Waals surface area (Å²) >= 11 is 0. The zero-order valence-corrected chi connectivity index (χ0v) is 18.7. The third kappa shape index (κ3) is 6.71. The first-order valence-corrected chi connectivity index (χ1v) is 10.6. The third-order valence-electron chi connectivity index (χ3n) is 4.83. The van der Waals surface area contributed by atoms with Gasteiger partial charge in [-0.1, -0.05) is 69.3 Å². The Morgan fingerprint density at radius 3 is 2.16 bits per heavy atom. The fourth-order valence-corrected chi connectivity index (χ4v) is 3.16. The molecule has 0 saturated heterocycles. The van der Waals surface area contributed by atoms with Gasteiger partial charge in [-0.25, -0.2) is 9.59 Å². The van der Waals surface area contributed by atoms with Gasteiger partial charge in [-0.2, -0.15) is 0 Å². The SMILES string of the molecule is CC(C)(C)c1ccccc1OCC(=O)Oc1ccc(C(=O)OCCc2ccccc2)cc1. The molecule has 3 rings (SSSR count). The van der Waals surface area contributed by atoms with Crippen LogP contribution in [0.2, 0.25) is 0 Å². The van der Waals surface area contributed by atoms with Gasteiger partial charge in [-0.3, -0.25) is 0 Å². The van der Waals surface area contributed by atoms with Crippen LogP contribution in [0.25, 0.3) is 0 Å². The maximum atomic E-state index is 12.2. The van der Waals surface area contributed by atoms with Crippen LogP contribution in [0.5, 0.6) is 11.5 Å². The molecular weight excluding hydrogens is 404 g/mol. The van der Waals surface area contributed by atoms with Gasteiger partial charge in [0.25, 0.3) is 0 Å². The van der Waals surface area contributed by atoms with Crippen LogP contribution in [-0.2, 0) is 21.4 Å². The van der Waals surface area contributed by atoms with Crippen molar-refractivity contribution in [1.29, 1.82) is 0 Å². The molecule has 3 aromatic carbocycles. The van der Waals surface area contributed by atoms with Crippen LogP contribution >= 0.6 is 0 Å². The number of carbonyl (C=O) groups is 2. The van der Waals surface area contributed by atoms with Gasteiger partial charge in [0.05, 0.1) is 12.2 Å². The highest BCUT2D eigenvalue weighted by Crippen LogP contribution is 2.30. The molecule has 0 N–H and O–H groups in total. The molecule has 5 nitrogen and oxygen atoms in total. The van der Waals surface area contributed by atoms with Gasteiger partial charge in [0.1, 0.15) is 11.5 Å². The summed E-state index contributed by atoms with van der Waals surface area (Å²) in [6.45, 7) is 6.34. The Morgan fingerprint density at radius 1 is 0.812 bits per heavy atom. The van der Waals surface area contributed by atoms with Gasteiger partial charge in [0, 0.05) is 6.42 Å². The van der Waals surface area contributed by atoms with Gasteiger partial charge in [-0.15, -0.1) is 0 Å². The molecule has 0 aromatic heterocycles. The first kappa shape index (κ1) is 23.1. The summed E-state index contributed by atoms with van der Waals surface area (Å²) in [6, 6.07) is 23.7. The predicted octanol–water partition coefficient (Wildman–Crippen LogP) is 5.37. The van der Waals surface area contributed by atoms with Crippen LogP contribution in [0.15, 0.2) is 78.9 Å². The Balaban J connectivity index is 1.48. The molecule has 0 amide bonds. The standard InChI is InChI=1S/C27H28O5/c1-27(2,3)23-11-7-8-12-24(23)31-19-25(28)32-22-15-13-21(14-16-22)26(29)30-18-17-20-9-5-4-6-10-20/h4-16H,17-19H2,1-3H3. The molecule has 5 heteroatoms. The number of esters is 2. The van der Waals surface area contributed by atoms with E-state index in [9.17, 15) is 9.59 Å². The van der Waals surface area contributed by atoms with Crippen LogP contribution in [-0.4, -0.2) is 25.2 Å². The van der Waals surface area contributed by atoms with Crippen molar-refractivity contribution >= 4 is 11.9 Å². The number of carbonyl (C=O) groups excluding carboxylic acids is 2. The van der Waals surface area contributed by atoms with Crippen LogP contribution in [0.1, 0.15) is 42.3 Å². The van der Waals surface area contributed by atoms with E-state index in [-0.39, 0.29) is 12.0 Å². The summed E-state index contributed by atoms with van der Waals surface area (Å²) in [7, 11) is 0. The van der Waals surface area contributed by atoms with Crippen molar-refractivity contribution in [3.05, 3.63) is 95.6 Å². The van der Waals surface area contributed by atoms with Crippen LogP contribution in [0, 0.1) is 0 Å². The molecule has 0 radical (unpaired) electrons. The summed E-state index contributed by atoms with van der Waals surface area (Å²) < 4.78 is 16.3. The van der Waals surface area contributed by atoms with E-state index in [4.69, 9.17) is 14.2 Å². The van der Waals surface area contributed by atoms with Crippen molar-refractivity contribution in [1.82, 2.24) is 0 Å². The van der Waals surface area contributed by atoms with E-state index in [1.807, 2.05) is 54.6 Å². The molecule has 0 aliphatic carbocycles. The first-order chi connectivity index (χ1) is 15.3. The lowest BCUT2D eigenvalue weighted by atomic mass is 9.86. The Hall–Kier alpha value is -3.60. The second-order valence-electron chi connectivity index (χ2n) is 8.40. The number of benzene rings is 3. The maximum Gasteiger partial charge on any atom is 0.349 e. The van der Waals surface area contributed by atoms with Crippen molar-refractivity contribution < 1.29 is 23.8 Å². The molecule has 0 spiro atoms. The van der Waals surface area contributed by atoms with E-state index >= 15 is 0 Å². The maximum absolute atomic E-state index is 12.2. The van der Waals surface area contributed by atoms with E-state index in [1.54, 1.807) is 24.3 Å². The van der Waals surface area contributed by atoms with E-state index in [2.05, 4.69) is 20.8 Å². The summed E-state index contributed by atoms with van der Waals surface area (Å²) in [6.07, 6.45) is 0.653. The van der Waals surface area contributed by atoms with Crippen molar-refractivity contribution in [2.75, 3.05) is 13.2 Å². The minimum Gasteiger partial charge on any atom is -0.482 e. The molecule has 0 fully saturated rings. The average Bonchev–Trinajstić information content (AvgIpc) is 2.78. The van der Waals surface area contributed by atoms with Crippen LogP contribution in [0.4, 0.5) is 0 Å². The second-order valence-corrected chi connectivity index (χ2v) is 8.40. The predicted molar refractivity (Wildman–Crippen MR) is 123 cm³/mol. The van der Waals surface area contributed by atoms with Gasteiger partial charge < -0.3 is 14.2 Å². The topological polar surface area (TPSA) is 61.8 Å². The lowest BCUT2D eigenvalue weighted by Gasteiger charge is -2.22. The zero-order valence-electron chi connectivity index (χ0n) is 18.7. The summed E-state index contributed by atoms with van der Waals surface area (Å²) in [5, 5.41) is 0. The van der Waals surface area contributed by atoms with E-state index < -0.39 is 11.9 Å². The Bertz CT molecular complexity index is 1030. The molecule has 0 heterocycles. The molecule has 3 aromatic rings. The normalized spacial score (nSPS) is 11.0. The molecule has 0 atom stereocenters. The third-order valence-corrected chi connectivity index (χ3v) is 4.83. The van der Waals surface area contributed by atoms with Crippen LogP contribution in [0.3, 0.4) is 0 Å². The van der Waals surface area contributed by atoms with E-state index in [0.29, 0.717) is 30.1 Å². The van der Waals surface area contributed by atoms with Gasteiger partial charge in [-0.05, 0) is 46.9 Å². The molecule has 0 bridgehead atoms. The summed E-state index contributed by atoms with van der Waals surface area (Å²) in [5.74, 6) is 0.0573. The largest absolute Gasteiger partial charge is 0.482 e. The highest BCUT2D eigenvalue weighted by atomic mass is 16.6. The monoisotopic (exact) mass is 432 g/mol. The minimum absolute atomic E-state index is 0.105. The van der Waals surface area contributed by atoms with Gasteiger partial charge in [0.2, 0.25) is 0 Å². The fourth-order valence-electron chi connectivity index (χ4n) is 3.16. The van der Waals surface area contributed by atoms with Crippen LogP contribution < -0.4 is 9.47 Å². The zero-order chi connectivity index (χ0) is 23.0. The molecule has 0 unspecified atom stereocenters. The Labute approximate surface area is 188 Å². The number of para-hydroxylation sites is 1. The Morgan fingerprint density at radius 2 is 1.47 bits per heavy atom. The van der Waals surface area contributed by atoms with Crippen molar-refractivity contribution in [2.45, 2.75) is 32.6 Å². The summed E-state index contributed by atoms with van der Waals surface area (Å²) in [4.78, 5) is 24.4. The molecule has 0 saturated carbocycles. The van der Waals surface area contributed by atoms with Crippen molar-refractivity contribution in [2.24, 2.45) is 0 Å². The van der Waals surface area contributed by atoms with Gasteiger partial charge in [0.15, 0.2) is 6.61 Å².